The van der Waals surface area contributed by atoms with Crippen molar-refractivity contribution in [1.29, 1.82) is 0 Å². The number of nitrogens with one attached hydrogen (secondary N) is 1. The van der Waals surface area contributed by atoms with Crippen molar-refractivity contribution in [2.45, 2.75) is 11.1 Å². The van der Waals surface area contributed by atoms with Gasteiger partial charge in [-0.15, -0.1) is 0 Å². The summed E-state index contributed by atoms with van der Waals surface area (Å²) in [6, 6.07) is 5.63. The van der Waals surface area contributed by atoms with Crippen molar-refractivity contribution < 1.29 is 26.7 Å². The van der Waals surface area contributed by atoms with E-state index in [1.54, 1.807) is 0 Å². The summed E-state index contributed by atoms with van der Waals surface area (Å²) in [6.45, 7) is 3.32. The van der Waals surface area contributed by atoms with Gasteiger partial charge in [0.1, 0.15) is 17.8 Å². The van der Waals surface area contributed by atoms with Crippen molar-refractivity contribution in [3.63, 3.8) is 0 Å². The minimum atomic E-state index is -4.66. The quantitative estimate of drug-likeness (QED) is 0.495. The minimum absolute atomic E-state index is 0.00341. The Morgan fingerprint density at radius 2 is 2.03 bits per heavy atom. The van der Waals surface area contributed by atoms with Gasteiger partial charge in [0.25, 0.3) is 15.8 Å². The monoisotopic (exact) mass is 504 g/mol. The zero-order valence-corrected chi connectivity index (χ0v) is 17.6. The van der Waals surface area contributed by atoms with Crippen LogP contribution in [-0.4, -0.2) is 21.3 Å². The highest BCUT2D eigenvalue weighted by molar-refractivity contribution is 9.10. The van der Waals surface area contributed by atoms with E-state index < -0.39 is 27.5 Å². The molecule has 0 radical (unpaired) electrons. The summed E-state index contributed by atoms with van der Waals surface area (Å²) < 4.78 is 67.8. The highest BCUT2D eigenvalue weighted by Gasteiger charge is 2.32. The highest BCUT2D eigenvalue weighted by Crippen LogP contribution is 2.34. The number of nitrogens with zero attached hydrogens (tertiary/aromatic N) is 2. The number of hydrogen-bond acceptors (Lipinski definition) is 5. The number of hydrogen-bond donors (Lipinski definition) is 2. The number of ether oxygens (including phenoxy) is 1. The van der Waals surface area contributed by atoms with Gasteiger partial charge in [-0.05, 0) is 40.7 Å². The molecule has 12 heteroatoms. The molecule has 0 spiro atoms. The molecule has 0 aliphatic rings. The van der Waals surface area contributed by atoms with E-state index in [0.29, 0.717) is 11.8 Å². The van der Waals surface area contributed by atoms with Crippen molar-refractivity contribution in [3.05, 3.63) is 69.0 Å². The maximum atomic E-state index is 13.1. The molecule has 3 rings (SSSR count). The molecule has 1 atom stereocenters. The van der Waals surface area contributed by atoms with E-state index in [2.05, 4.69) is 32.9 Å². The van der Waals surface area contributed by atoms with Crippen LogP contribution in [-0.2, 0) is 20.6 Å². The average Bonchev–Trinajstić information content (AvgIpc) is 2.69. The number of methoxy groups -OCH3 is 1. The third kappa shape index (κ3) is 4.11. The van der Waals surface area contributed by atoms with Gasteiger partial charge in [-0.1, -0.05) is 4.21 Å². The summed E-state index contributed by atoms with van der Waals surface area (Å²) in [7, 11) is -2.28. The molecular weight excluding hydrogens is 491 g/mol. The summed E-state index contributed by atoms with van der Waals surface area (Å²) in [6.07, 6.45) is -3.61. The van der Waals surface area contributed by atoms with Crippen molar-refractivity contribution in [1.82, 2.24) is 9.66 Å². The molecule has 2 aromatic carbocycles. The Morgan fingerprint density at radius 1 is 1.33 bits per heavy atom. The Bertz CT molecular complexity index is 1260. The third-order valence-corrected chi connectivity index (χ3v) is 6.15. The molecule has 0 fully saturated rings. The van der Waals surface area contributed by atoms with E-state index in [1.165, 1.54) is 25.3 Å². The maximum absolute atomic E-state index is 13.1. The van der Waals surface area contributed by atoms with Gasteiger partial charge in [0, 0.05) is 16.6 Å². The molecular formula is C18H14BrF3N3O4S+. The van der Waals surface area contributed by atoms with Crippen LogP contribution in [0.15, 0.2) is 62.8 Å². The minimum Gasteiger partial charge on any atom is -0.497 e. The summed E-state index contributed by atoms with van der Waals surface area (Å²) in [4.78, 5) is 16.8. The maximum Gasteiger partial charge on any atom is 0.416 e. The molecule has 1 heterocycles. The Kier molecular flexibility index (Phi) is 5.76. The second-order valence-corrected chi connectivity index (χ2v) is 8.75. The topological polar surface area (TPSA) is 93.4 Å². The Labute approximate surface area is 177 Å². The van der Waals surface area contributed by atoms with Crippen molar-refractivity contribution in [2.24, 2.45) is 0 Å². The lowest BCUT2D eigenvalue weighted by molar-refractivity contribution is -0.137. The number of anilines is 1. The Balaban J connectivity index is 2.20. The van der Waals surface area contributed by atoms with Crippen molar-refractivity contribution >= 4 is 42.7 Å². The first-order chi connectivity index (χ1) is 14.0. The largest absolute Gasteiger partial charge is 0.497 e. The van der Waals surface area contributed by atoms with Gasteiger partial charge in [0.05, 0.1) is 23.6 Å². The smallest absolute Gasteiger partial charge is 0.416 e. The summed E-state index contributed by atoms with van der Waals surface area (Å²) in [5.41, 5.74) is 0.784. The lowest BCUT2D eigenvalue weighted by Gasteiger charge is -2.14. The number of alkyl halides is 3. The molecule has 0 bridgehead atoms. The molecule has 3 aromatic rings. The van der Waals surface area contributed by atoms with Gasteiger partial charge in [0.2, 0.25) is 4.90 Å². The molecule has 0 saturated heterocycles. The van der Waals surface area contributed by atoms with Gasteiger partial charge in [-0.2, -0.15) is 17.7 Å². The van der Waals surface area contributed by atoms with Crippen LogP contribution in [0.25, 0.3) is 10.9 Å². The molecule has 0 saturated carbocycles. The zero-order chi connectivity index (χ0) is 22.3. The second kappa shape index (κ2) is 7.85. The second-order valence-electron chi connectivity index (χ2n) is 5.98. The van der Waals surface area contributed by atoms with E-state index in [-0.39, 0.29) is 26.0 Å². The van der Waals surface area contributed by atoms with E-state index in [0.717, 1.165) is 22.5 Å². The van der Waals surface area contributed by atoms with Gasteiger partial charge in [0.15, 0.2) is 5.41 Å². The van der Waals surface area contributed by atoms with Crippen LogP contribution in [0.2, 0.25) is 0 Å². The molecule has 0 aliphatic carbocycles. The van der Waals surface area contributed by atoms with Crippen LogP contribution in [0, 0.1) is 0 Å². The first kappa shape index (κ1) is 22.0. The number of aromatic nitrogens is 2. The first-order valence-corrected chi connectivity index (χ1v) is 10.5. The van der Waals surface area contributed by atoms with E-state index in [9.17, 15) is 26.7 Å². The van der Waals surface area contributed by atoms with Gasteiger partial charge < -0.3 is 4.74 Å². The zero-order valence-electron chi connectivity index (χ0n) is 15.2. The normalized spacial score (nSPS) is 13.7. The molecule has 0 aliphatic heterocycles. The summed E-state index contributed by atoms with van der Waals surface area (Å²) in [5.74, 6) is 0.310. The Morgan fingerprint density at radius 3 is 2.63 bits per heavy atom. The van der Waals surface area contributed by atoms with E-state index >= 15 is 0 Å². The van der Waals surface area contributed by atoms with Crippen molar-refractivity contribution in [3.8, 4) is 5.75 Å². The number of benzene rings is 2. The molecule has 30 heavy (non-hydrogen) atoms. The van der Waals surface area contributed by atoms with E-state index in [1.807, 2.05) is 0 Å². The van der Waals surface area contributed by atoms with Gasteiger partial charge >= 0.3 is 6.18 Å². The molecule has 2 N–H and O–H groups in total. The highest BCUT2D eigenvalue weighted by atomic mass is 79.9. The van der Waals surface area contributed by atoms with Gasteiger partial charge in [-0.3, -0.25) is 10.2 Å². The standard InChI is InChI=1S/C18H13BrF3N3O4S/c1-3-30(27,28)15-5-4-11(29-2)8-14(15)24-25-9-23-16-12(17(25)26)6-10(7-13(16)19)18(20,21)22/h3-9H,1H2,2H3,(H-,24,27,28)/p+1. The fourth-order valence-corrected chi connectivity index (χ4v) is 4.06. The molecule has 0 amide bonds. The molecule has 1 unspecified atom stereocenters. The van der Waals surface area contributed by atoms with Crippen LogP contribution < -0.4 is 15.7 Å². The average molecular weight is 505 g/mol. The molecule has 158 valence electrons. The number of rotatable bonds is 5. The summed E-state index contributed by atoms with van der Waals surface area (Å²) >= 11 is 3.00. The van der Waals surface area contributed by atoms with Crippen LogP contribution in [0.5, 0.6) is 5.75 Å². The predicted molar refractivity (Wildman–Crippen MR) is 110 cm³/mol. The van der Waals surface area contributed by atoms with Crippen molar-refractivity contribution in [2.75, 3.05) is 12.5 Å². The lowest BCUT2D eigenvalue weighted by atomic mass is 10.1. The molecule has 7 nitrogen and oxygen atoms in total. The predicted octanol–water partition coefficient (Wildman–Crippen LogP) is 4.54. The Hall–Kier alpha value is -2.70. The molecule has 1 aromatic heterocycles. The van der Waals surface area contributed by atoms with Crippen LogP contribution in [0.4, 0.5) is 18.9 Å². The van der Waals surface area contributed by atoms with Crippen LogP contribution in [0.3, 0.4) is 0 Å². The number of fused-ring (bicyclic) bond motifs is 1. The first-order valence-electron chi connectivity index (χ1n) is 8.10. The fraction of sp³-hybridized carbons (Fsp3) is 0.111. The fourth-order valence-electron chi connectivity index (χ4n) is 2.63. The van der Waals surface area contributed by atoms with Gasteiger partial charge in [-0.25, -0.2) is 9.66 Å². The third-order valence-electron chi connectivity index (χ3n) is 4.11. The lowest BCUT2D eigenvalue weighted by Crippen LogP contribution is -2.28. The number of halogens is 4. The van der Waals surface area contributed by atoms with Crippen LogP contribution in [0.1, 0.15) is 5.56 Å². The van der Waals surface area contributed by atoms with Crippen LogP contribution >= 0.6 is 15.9 Å². The SMILES string of the molecule is C=C[S+](=O)(O)c1ccc(OC)cc1Nn1cnc2c(Br)cc(C(F)(F)F)cc2c1=O. The summed E-state index contributed by atoms with van der Waals surface area (Å²) in [5, 5.41) is 0.540. The van der Waals surface area contributed by atoms with E-state index in [4.69, 9.17) is 4.74 Å².